The van der Waals surface area contributed by atoms with Crippen LogP contribution in [0.2, 0.25) is 0 Å². The molecule has 0 aliphatic carbocycles. The van der Waals surface area contributed by atoms with Crippen molar-refractivity contribution in [3.63, 3.8) is 0 Å². The van der Waals surface area contributed by atoms with Gasteiger partial charge in [0.1, 0.15) is 36.6 Å². The summed E-state index contributed by atoms with van der Waals surface area (Å²) in [5.41, 5.74) is 0. The third-order valence-corrected chi connectivity index (χ3v) is 16.7. The van der Waals surface area contributed by atoms with Gasteiger partial charge in [-0.25, -0.2) is 0 Å². The van der Waals surface area contributed by atoms with Gasteiger partial charge in [0.15, 0.2) is 6.29 Å². The highest BCUT2D eigenvalue weighted by Gasteiger charge is 2.44. The third kappa shape index (κ3) is 44.8. The van der Waals surface area contributed by atoms with E-state index in [2.05, 4.69) is 55.6 Å². The highest BCUT2D eigenvalue weighted by atomic mass is 16.7. The number of hydrogen-bond donors (Lipinski definition) is 8. The first kappa shape index (κ1) is 76.3. The van der Waals surface area contributed by atoms with Crippen molar-refractivity contribution in [2.24, 2.45) is 0 Å². The van der Waals surface area contributed by atoms with Crippen molar-refractivity contribution in [3.8, 4) is 0 Å². The van der Waals surface area contributed by atoms with E-state index in [0.717, 1.165) is 44.9 Å². The predicted octanol–water partition coefficient (Wildman–Crippen LogP) is 16.2. The lowest BCUT2D eigenvalue weighted by atomic mass is 9.98. The average molecular weight is 1130 g/mol. The molecule has 11 nitrogen and oxygen atoms in total. The van der Waals surface area contributed by atoms with Crippen LogP contribution in [0.25, 0.3) is 0 Å². The van der Waals surface area contributed by atoms with Gasteiger partial charge in [-0.3, -0.25) is 4.79 Å². The summed E-state index contributed by atoms with van der Waals surface area (Å²) in [6.07, 6.45) is 62.4. The standard InChI is InChI=1S/C69H131NO10/c1-3-5-7-9-11-13-15-17-19-21-23-24-25-26-27-28-29-30-31-32-33-34-35-36-37-39-41-43-45-47-49-51-53-55-57-62(73)68(78)70-60(59-79-69-67(77)66(76)65(75)63(58-71)80-69)64(74)61(72)56-54-52-50-48-46-44-42-40-38-22-20-18-16-14-12-10-8-6-4-2/h18,20,40,42,48,50,60-67,69,71-77H,3-17,19,21-39,41,43-47,49,51-59H2,1-2H3,(H,70,78)/b20-18+,42-40+,50-48+. The van der Waals surface area contributed by atoms with Crippen molar-refractivity contribution < 1.29 is 50.0 Å². The second-order valence-electron chi connectivity index (χ2n) is 24.2. The minimum absolute atomic E-state index is 0.243. The Balaban J connectivity index is 2.18. The quantitative estimate of drug-likeness (QED) is 0.0215. The lowest BCUT2D eigenvalue weighted by Gasteiger charge is -2.40. The molecule has 9 unspecified atom stereocenters. The van der Waals surface area contributed by atoms with E-state index < -0.39 is 74.2 Å². The molecule has 472 valence electrons. The first-order valence-electron chi connectivity index (χ1n) is 34.4. The van der Waals surface area contributed by atoms with Crippen molar-refractivity contribution in [2.75, 3.05) is 13.2 Å². The minimum atomic E-state index is -1.67. The minimum Gasteiger partial charge on any atom is -0.394 e. The van der Waals surface area contributed by atoms with E-state index in [1.54, 1.807) is 0 Å². The van der Waals surface area contributed by atoms with E-state index in [0.29, 0.717) is 19.3 Å². The summed E-state index contributed by atoms with van der Waals surface area (Å²) >= 11 is 0. The first-order chi connectivity index (χ1) is 39.2. The maximum atomic E-state index is 13.2. The van der Waals surface area contributed by atoms with E-state index in [1.807, 2.05) is 0 Å². The molecule has 0 spiro atoms. The molecule has 0 aromatic carbocycles. The van der Waals surface area contributed by atoms with Gasteiger partial charge >= 0.3 is 0 Å². The molecule has 1 amide bonds. The fraction of sp³-hybridized carbons (Fsp3) is 0.899. The fourth-order valence-corrected chi connectivity index (χ4v) is 11.1. The summed E-state index contributed by atoms with van der Waals surface area (Å²) in [6, 6.07) is -1.19. The van der Waals surface area contributed by atoms with Crippen LogP contribution in [-0.4, -0.2) is 110 Å². The van der Waals surface area contributed by atoms with E-state index in [4.69, 9.17) is 9.47 Å². The van der Waals surface area contributed by atoms with Crippen LogP contribution in [0.15, 0.2) is 36.5 Å². The highest BCUT2D eigenvalue weighted by molar-refractivity contribution is 5.80. The Kier molecular flexibility index (Phi) is 55.1. The Bertz CT molecular complexity index is 1390. The molecule has 1 rings (SSSR count). The highest BCUT2D eigenvalue weighted by Crippen LogP contribution is 2.24. The number of unbranched alkanes of at least 4 members (excludes halogenated alkanes) is 42. The summed E-state index contributed by atoms with van der Waals surface area (Å²) < 4.78 is 11.2. The largest absolute Gasteiger partial charge is 0.394 e. The maximum absolute atomic E-state index is 13.2. The van der Waals surface area contributed by atoms with Gasteiger partial charge in [-0.1, -0.05) is 301 Å². The summed E-state index contributed by atoms with van der Waals surface area (Å²) in [5.74, 6) is -0.707. The number of rotatable bonds is 60. The fourth-order valence-electron chi connectivity index (χ4n) is 11.1. The molecule has 1 aliphatic heterocycles. The van der Waals surface area contributed by atoms with Crippen molar-refractivity contribution in [3.05, 3.63) is 36.5 Å². The number of carbonyl (C=O) groups excluding carboxylic acids is 1. The van der Waals surface area contributed by atoms with Gasteiger partial charge in [0, 0.05) is 0 Å². The Morgan fingerprint density at radius 3 is 1.11 bits per heavy atom. The Hall–Kier alpha value is -1.67. The molecular weight excluding hydrogens is 1000 g/mol. The van der Waals surface area contributed by atoms with E-state index >= 15 is 0 Å². The lowest BCUT2D eigenvalue weighted by Crippen LogP contribution is -2.60. The SMILES string of the molecule is CCCCCCCC/C=C/CC/C=C/CC/C=C/CCCC(O)C(O)C(COC1OC(CO)C(O)C(O)C1O)NC(=O)C(O)CCCCCCCCCCCCCCCCCCCCCCCCCCCCCCCCCCCC. The third-order valence-electron chi connectivity index (χ3n) is 16.7. The summed E-state index contributed by atoms with van der Waals surface area (Å²) in [4.78, 5) is 13.2. The number of amides is 1. The number of ether oxygens (including phenoxy) is 2. The van der Waals surface area contributed by atoms with Gasteiger partial charge in [-0.2, -0.15) is 0 Å². The zero-order valence-corrected chi connectivity index (χ0v) is 52.1. The molecule has 0 saturated carbocycles. The molecule has 0 radical (unpaired) electrons. The van der Waals surface area contributed by atoms with Gasteiger partial charge in [-0.05, 0) is 64.2 Å². The Morgan fingerprint density at radius 2 is 0.750 bits per heavy atom. The van der Waals surface area contributed by atoms with Crippen molar-refractivity contribution in [2.45, 2.75) is 384 Å². The van der Waals surface area contributed by atoms with Gasteiger partial charge in [0.2, 0.25) is 5.91 Å². The molecule has 0 aromatic heterocycles. The molecule has 1 fully saturated rings. The van der Waals surface area contributed by atoms with Crippen LogP contribution in [-0.2, 0) is 14.3 Å². The number of nitrogens with one attached hydrogen (secondary N) is 1. The van der Waals surface area contributed by atoms with Crippen LogP contribution in [0.1, 0.15) is 328 Å². The molecule has 11 heteroatoms. The maximum Gasteiger partial charge on any atom is 0.249 e. The summed E-state index contributed by atoms with van der Waals surface area (Å²) in [6.45, 7) is 3.47. The number of carbonyl (C=O) groups is 1. The predicted molar refractivity (Wildman–Crippen MR) is 335 cm³/mol. The molecule has 80 heavy (non-hydrogen) atoms. The van der Waals surface area contributed by atoms with Gasteiger partial charge in [0.05, 0.1) is 25.4 Å². The van der Waals surface area contributed by atoms with Crippen LogP contribution in [0.3, 0.4) is 0 Å². The topological polar surface area (TPSA) is 189 Å². The number of aliphatic hydroxyl groups excluding tert-OH is 7. The zero-order chi connectivity index (χ0) is 58.2. The molecule has 1 saturated heterocycles. The average Bonchev–Trinajstić information content (AvgIpc) is 3.47. The Labute approximate surface area is 492 Å². The van der Waals surface area contributed by atoms with Gasteiger partial charge in [0.25, 0.3) is 0 Å². The van der Waals surface area contributed by atoms with Crippen molar-refractivity contribution in [1.82, 2.24) is 5.32 Å². The molecular formula is C69H131NO10. The summed E-state index contributed by atoms with van der Waals surface area (Å²) in [7, 11) is 0. The molecule has 0 bridgehead atoms. The molecule has 8 N–H and O–H groups in total. The van der Waals surface area contributed by atoms with Crippen LogP contribution in [0.5, 0.6) is 0 Å². The van der Waals surface area contributed by atoms with Crippen LogP contribution in [0, 0.1) is 0 Å². The van der Waals surface area contributed by atoms with E-state index in [-0.39, 0.29) is 12.8 Å². The Morgan fingerprint density at radius 1 is 0.425 bits per heavy atom. The monoisotopic (exact) mass is 1130 g/mol. The number of allylic oxidation sites excluding steroid dienone is 6. The lowest BCUT2D eigenvalue weighted by molar-refractivity contribution is -0.303. The van der Waals surface area contributed by atoms with Crippen LogP contribution in [0.4, 0.5) is 0 Å². The second kappa shape index (κ2) is 57.7. The molecule has 1 heterocycles. The van der Waals surface area contributed by atoms with Crippen molar-refractivity contribution in [1.29, 1.82) is 0 Å². The second-order valence-corrected chi connectivity index (χ2v) is 24.2. The van der Waals surface area contributed by atoms with E-state index in [1.165, 1.54) is 238 Å². The normalized spacial score (nSPS) is 19.4. The van der Waals surface area contributed by atoms with Gasteiger partial charge < -0.3 is 50.5 Å². The molecule has 0 aromatic rings. The van der Waals surface area contributed by atoms with Gasteiger partial charge in [-0.15, -0.1) is 0 Å². The molecule has 1 aliphatic rings. The van der Waals surface area contributed by atoms with Crippen molar-refractivity contribution >= 4 is 5.91 Å². The zero-order valence-electron chi connectivity index (χ0n) is 52.1. The van der Waals surface area contributed by atoms with E-state index in [9.17, 15) is 40.5 Å². The van der Waals surface area contributed by atoms with Crippen LogP contribution >= 0.6 is 0 Å². The first-order valence-corrected chi connectivity index (χ1v) is 34.4. The number of aliphatic hydroxyl groups is 7. The van der Waals surface area contributed by atoms with Crippen LogP contribution < -0.4 is 5.32 Å². The number of hydrogen-bond acceptors (Lipinski definition) is 10. The smallest absolute Gasteiger partial charge is 0.249 e. The summed E-state index contributed by atoms with van der Waals surface area (Å²) in [5, 5.41) is 76.3. The molecule has 9 atom stereocenters.